The molecule has 0 unspecified atom stereocenters. The molecule has 3 rings (SSSR count). The number of carbonyl (C=O) groups excluding carboxylic acids is 2. The first-order chi connectivity index (χ1) is 14.0. The van der Waals surface area contributed by atoms with Crippen LogP contribution in [0.2, 0.25) is 0 Å². The second-order valence-corrected chi connectivity index (χ2v) is 7.33. The number of hydrogen-bond donors (Lipinski definition) is 0. The van der Waals surface area contributed by atoms with Gasteiger partial charge >= 0.3 is 5.97 Å². The number of nitrogens with zero attached hydrogens (tertiary/aromatic N) is 2. The van der Waals surface area contributed by atoms with Gasteiger partial charge < -0.3 is 14.4 Å². The van der Waals surface area contributed by atoms with Crippen LogP contribution in [0.15, 0.2) is 42.5 Å². The molecule has 6 nitrogen and oxygen atoms in total. The first-order valence-corrected chi connectivity index (χ1v) is 9.81. The van der Waals surface area contributed by atoms with Crippen molar-refractivity contribution in [2.75, 3.05) is 33.9 Å². The Bertz CT molecular complexity index is 864. The Morgan fingerprint density at radius 1 is 0.966 bits per heavy atom. The number of hydrogen-bond acceptors (Lipinski definition) is 5. The second kappa shape index (κ2) is 9.56. The topological polar surface area (TPSA) is 59.1 Å². The summed E-state index contributed by atoms with van der Waals surface area (Å²) in [6.07, 6.45) is 0.509. The Balaban J connectivity index is 1.59. The largest absolute Gasteiger partial charge is 0.496 e. The summed E-state index contributed by atoms with van der Waals surface area (Å²) in [6, 6.07) is 13.5. The molecule has 154 valence electrons. The van der Waals surface area contributed by atoms with Crippen LogP contribution in [0.4, 0.5) is 0 Å². The highest BCUT2D eigenvalue weighted by Gasteiger charge is 2.21. The molecule has 1 fully saturated rings. The highest BCUT2D eigenvalue weighted by Crippen LogP contribution is 2.20. The zero-order chi connectivity index (χ0) is 20.8. The van der Waals surface area contributed by atoms with Crippen molar-refractivity contribution in [1.29, 1.82) is 0 Å². The predicted molar refractivity (Wildman–Crippen MR) is 111 cm³/mol. The van der Waals surface area contributed by atoms with Crippen LogP contribution in [-0.4, -0.2) is 55.5 Å². The second-order valence-electron chi connectivity index (χ2n) is 7.33. The van der Waals surface area contributed by atoms with E-state index >= 15 is 0 Å². The predicted octanol–water partition coefficient (Wildman–Crippen LogP) is 3.02. The van der Waals surface area contributed by atoms with Crippen molar-refractivity contribution in [3.8, 4) is 5.75 Å². The van der Waals surface area contributed by atoms with Crippen molar-refractivity contribution in [2.24, 2.45) is 0 Å². The van der Waals surface area contributed by atoms with Gasteiger partial charge in [0.2, 0.25) is 5.91 Å². The number of amides is 1. The third kappa shape index (κ3) is 5.35. The summed E-state index contributed by atoms with van der Waals surface area (Å²) in [6.45, 7) is 5.68. The van der Waals surface area contributed by atoms with E-state index in [1.165, 1.54) is 12.7 Å². The van der Waals surface area contributed by atoms with Gasteiger partial charge in [0.15, 0.2) is 0 Å². The Kier molecular flexibility index (Phi) is 6.88. The molecular weight excluding hydrogens is 368 g/mol. The van der Waals surface area contributed by atoms with E-state index in [1.807, 2.05) is 30.0 Å². The summed E-state index contributed by atoms with van der Waals surface area (Å²) in [7, 11) is 3.05. The number of esters is 1. The monoisotopic (exact) mass is 396 g/mol. The molecule has 0 aromatic heterocycles. The maximum absolute atomic E-state index is 12.6. The molecule has 0 radical (unpaired) electrons. The third-order valence-corrected chi connectivity index (χ3v) is 5.29. The van der Waals surface area contributed by atoms with Crippen LogP contribution in [-0.2, 0) is 22.6 Å². The van der Waals surface area contributed by atoms with Gasteiger partial charge in [-0.3, -0.25) is 9.69 Å². The van der Waals surface area contributed by atoms with Crippen molar-refractivity contribution < 1.29 is 19.1 Å². The van der Waals surface area contributed by atoms with Gasteiger partial charge in [0.1, 0.15) is 5.75 Å². The number of methoxy groups -OCH3 is 2. The van der Waals surface area contributed by atoms with Gasteiger partial charge in [0, 0.05) is 39.1 Å². The van der Waals surface area contributed by atoms with E-state index in [1.54, 1.807) is 19.2 Å². The lowest BCUT2D eigenvalue weighted by Crippen LogP contribution is -2.32. The van der Waals surface area contributed by atoms with Crippen LogP contribution in [0.25, 0.3) is 0 Å². The first-order valence-electron chi connectivity index (χ1n) is 9.81. The number of aryl methyl sites for hydroxylation is 1. The molecular formula is C23H28N2O4. The molecule has 2 aromatic carbocycles. The van der Waals surface area contributed by atoms with Crippen molar-refractivity contribution in [3.63, 3.8) is 0 Å². The fourth-order valence-electron chi connectivity index (χ4n) is 3.62. The van der Waals surface area contributed by atoms with Crippen LogP contribution in [0.5, 0.6) is 5.75 Å². The average molecular weight is 396 g/mol. The van der Waals surface area contributed by atoms with Crippen molar-refractivity contribution >= 4 is 11.9 Å². The summed E-state index contributed by atoms with van der Waals surface area (Å²) in [5.41, 5.74) is 3.86. The highest BCUT2D eigenvalue weighted by atomic mass is 16.5. The van der Waals surface area contributed by atoms with Crippen molar-refractivity contribution in [3.05, 3.63) is 64.7 Å². The van der Waals surface area contributed by atoms with Crippen LogP contribution in [0.3, 0.4) is 0 Å². The Labute approximate surface area is 172 Å². The Morgan fingerprint density at radius 2 is 1.69 bits per heavy atom. The summed E-state index contributed by atoms with van der Waals surface area (Å²) in [5, 5.41) is 0. The lowest BCUT2D eigenvalue weighted by molar-refractivity contribution is -0.130. The highest BCUT2D eigenvalue weighted by molar-refractivity contribution is 5.89. The van der Waals surface area contributed by atoms with Gasteiger partial charge in [-0.05, 0) is 41.8 Å². The molecule has 0 N–H and O–H groups in total. The zero-order valence-corrected chi connectivity index (χ0v) is 17.3. The minimum absolute atomic E-state index is 0.162. The van der Waals surface area contributed by atoms with E-state index in [-0.39, 0.29) is 11.9 Å². The lowest BCUT2D eigenvalue weighted by Gasteiger charge is -2.22. The Hall–Kier alpha value is -2.86. The quantitative estimate of drug-likeness (QED) is 0.703. The minimum Gasteiger partial charge on any atom is -0.496 e. The lowest BCUT2D eigenvalue weighted by atomic mass is 10.1. The fourth-order valence-corrected chi connectivity index (χ4v) is 3.62. The molecule has 1 aliphatic rings. The maximum Gasteiger partial charge on any atom is 0.337 e. The standard InChI is InChI=1S/C23H28N2O4/c1-17-14-19(6-9-21(17)28-2)15-24-11-10-22(26)25(13-12-24)16-18-4-7-20(8-5-18)23(27)29-3/h4-9,14H,10-13,15-16H2,1-3H3. The summed E-state index contributed by atoms with van der Waals surface area (Å²) >= 11 is 0. The molecule has 2 aromatic rings. The van der Waals surface area contributed by atoms with E-state index in [2.05, 4.69) is 17.0 Å². The first kappa shape index (κ1) is 20.9. The van der Waals surface area contributed by atoms with Gasteiger partial charge in [-0.15, -0.1) is 0 Å². The van der Waals surface area contributed by atoms with Crippen molar-refractivity contribution in [1.82, 2.24) is 9.80 Å². The zero-order valence-electron chi connectivity index (χ0n) is 17.3. The van der Waals surface area contributed by atoms with Gasteiger partial charge in [-0.1, -0.05) is 24.3 Å². The van der Waals surface area contributed by atoms with Gasteiger partial charge in [0.25, 0.3) is 0 Å². The van der Waals surface area contributed by atoms with Gasteiger partial charge in [-0.25, -0.2) is 4.79 Å². The smallest absolute Gasteiger partial charge is 0.337 e. The molecule has 1 amide bonds. The molecule has 0 atom stereocenters. The average Bonchev–Trinajstić information content (AvgIpc) is 2.90. The Morgan fingerprint density at radius 3 is 2.34 bits per heavy atom. The van der Waals surface area contributed by atoms with Crippen LogP contribution >= 0.6 is 0 Å². The maximum atomic E-state index is 12.6. The molecule has 0 aliphatic carbocycles. The molecule has 6 heteroatoms. The molecule has 0 bridgehead atoms. The summed E-state index contributed by atoms with van der Waals surface area (Å²) in [4.78, 5) is 28.4. The summed E-state index contributed by atoms with van der Waals surface area (Å²) in [5.74, 6) is 0.700. The van der Waals surface area contributed by atoms with Gasteiger partial charge in [0.05, 0.1) is 19.8 Å². The van der Waals surface area contributed by atoms with Gasteiger partial charge in [-0.2, -0.15) is 0 Å². The normalized spacial score (nSPS) is 15.1. The van der Waals surface area contributed by atoms with E-state index in [4.69, 9.17) is 9.47 Å². The molecule has 1 heterocycles. The molecule has 29 heavy (non-hydrogen) atoms. The molecule has 1 saturated heterocycles. The third-order valence-electron chi connectivity index (χ3n) is 5.29. The molecule has 1 aliphatic heterocycles. The van der Waals surface area contributed by atoms with Crippen molar-refractivity contribution in [2.45, 2.75) is 26.4 Å². The fraction of sp³-hybridized carbons (Fsp3) is 0.391. The number of rotatable bonds is 6. The molecule has 0 spiro atoms. The van der Waals surface area contributed by atoms with Crippen LogP contribution < -0.4 is 4.74 Å². The number of benzene rings is 2. The number of ether oxygens (including phenoxy) is 2. The summed E-state index contributed by atoms with van der Waals surface area (Å²) < 4.78 is 10.1. The van der Waals surface area contributed by atoms with Crippen LogP contribution in [0.1, 0.15) is 33.5 Å². The number of carbonyl (C=O) groups is 2. The van der Waals surface area contributed by atoms with E-state index in [0.29, 0.717) is 25.1 Å². The van der Waals surface area contributed by atoms with E-state index in [9.17, 15) is 9.59 Å². The minimum atomic E-state index is -0.355. The van der Waals surface area contributed by atoms with Crippen LogP contribution in [0, 0.1) is 6.92 Å². The molecule has 0 saturated carbocycles. The van der Waals surface area contributed by atoms with E-state index < -0.39 is 0 Å². The van der Waals surface area contributed by atoms with E-state index in [0.717, 1.165) is 36.5 Å². The SMILES string of the molecule is COC(=O)c1ccc(CN2CCN(Cc3ccc(OC)c(C)c3)CCC2=O)cc1.